The SMILES string of the molecule is NC(=O)C=CC=C1Nc2ccccc2S1. The molecule has 1 aromatic carbocycles. The van der Waals surface area contributed by atoms with Crippen molar-refractivity contribution in [1.29, 1.82) is 0 Å². The first-order valence-electron chi connectivity index (χ1n) is 4.47. The number of benzene rings is 1. The van der Waals surface area contributed by atoms with E-state index in [4.69, 9.17) is 5.73 Å². The average Bonchev–Trinajstić information content (AvgIpc) is 2.59. The second kappa shape index (κ2) is 4.23. The summed E-state index contributed by atoms with van der Waals surface area (Å²) in [6.45, 7) is 0. The van der Waals surface area contributed by atoms with Crippen LogP contribution in [-0.4, -0.2) is 5.91 Å². The van der Waals surface area contributed by atoms with Gasteiger partial charge in [-0.05, 0) is 18.2 Å². The third kappa shape index (κ3) is 2.41. The molecular weight excluding hydrogens is 208 g/mol. The third-order valence-electron chi connectivity index (χ3n) is 1.87. The Morgan fingerprint density at radius 2 is 2.20 bits per heavy atom. The summed E-state index contributed by atoms with van der Waals surface area (Å²) in [5.41, 5.74) is 6.08. The Balaban J connectivity index is 2.10. The van der Waals surface area contributed by atoms with Gasteiger partial charge in [-0.1, -0.05) is 30.0 Å². The van der Waals surface area contributed by atoms with Gasteiger partial charge in [-0.25, -0.2) is 0 Å². The molecule has 1 aliphatic rings. The standard InChI is InChI=1S/C11H10N2OS/c12-10(14)6-3-7-11-13-8-4-1-2-5-9(8)15-11/h1-7,13H,(H2,12,14). The van der Waals surface area contributed by atoms with Crippen molar-refractivity contribution in [2.75, 3.05) is 5.32 Å². The second-order valence-electron chi connectivity index (χ2n) is 3.02. The maximum atomic E-state index is 10.5. The van der Waals surface area contributed by atoms with E-state index in [1.54, 1.807) is 17.8 Å². The highest BCUT2D eigenvalue weighted by molar-refractivity contribution is 8.03. The topological polar surface area (TPSA) is 55.1 Å². The molecule has 4 heteroatoms. The number of carbonyl (C=O) groups excluding carboxylic acids is 1. The molecule has 0 aliphatic carbocycles. The van der Waals surface area contributed by atoms with Crippen LogP contribution in [0.4, 0.5) is 5.69 Å². The lowest BCUT2D eigenvalue weighted by molar-refractivity contribution is -0.113. The Kier molecular flexibility index (Phi) is 2.78. The van der Waals surface area contributed by atoms with Gasteiger partial charge in [-0.15, -0.1) is 0 Å². The molecule has 0 radical (unpaired) electrons. The summed E-state index contributed by atoms with van der Waals surface area (Å²) in [5.74, 6) is -0.438. The number of anilines is 1. The lowest BCUT2D eigenvalue weighted by Crippen LogP contribution is -2.05. The van der Waals surface area contributed by atoms with Crippen LogP contribution in [0.5, 0.6) is 0 Å². The number of amides is 1. The molecule has 2 rings (SSSR count). The zero-order valence-corrected chi connectivity index (χ0v) is 8.75. The zero-order valence-electron chi connectivity index (χ0n) is 7.94. The monoisotopic (exact) mass is 218 g/mol. The van der Waals surface area contributed by atoms with E-state index in [1.807, 2.05) is 30.3 Å². The predicted octanol–water partition coefficient (Wildman–Crippen LogP) is 2.09. The van der Waals surface area contributed by atoms with E-state index < -0.39 is 5.91 Å². The number of fused-ring (bicyclic) bond motifs is 1. The quantitative estimate of drug-likeness (QED) is 0.747. The Morgan fingerprint density at radius 3 is 2.93 bits per heavy atom. The molecule has 0 fully saturated rings. The van der Waals surface area contributed by atoms with Gasteiger partial charge in [0.2, 0.25) is 5.91 Å². The van der Waals surface area contributed by atoms with E-state index in [9.17, 15) is 4.79 Å². The lowest BCUT2D eigenvalue weighted by Gasteiger charge is -1.95. The average molecular weight is 218 g/mol. The minimum absolute atomic E-state index is 0.438. The number of nitrogens with one attached hydrogen (secondary N) is 1. The number of rotatable bonds is 2. The van der Waals surface area contributed by atoms with Crippen molar-refractivity contribution in [1.82, 2.24) is 0 Å². The Hall–Kier alpha value is -1.68. The Labute approximate surface area is 92.0 Å². The number of nitrogens with two attached hydrogens (primary N) is 1. The summed E-state index contributed by atoms with van der Waals surface area (Å²) in [6.07, 6.45) is 4.80. The van der Waals surface area contributed by atoms with Crippen LogP contribution in [0, 0.1) is 0 Å². The van der Waals surface area contributed by atoms with Gasteiger partial charge in [0, 0.05) is 11.0 Å². The molecule has 3 nitrogen and oxygen atoms in total. The molecule has 1 aliphatic heterocycles. The molecule has 76 valence electrons. The minimum atomic E-state index is -0.438. The van der Waals surface area contributed by atoms with Gasteiger partial charge in [-0.2, -0.15) is 0 Å². The normalized spacial score (nSPS) is 16.7. The first-order valence-corrected chi connectivity index (χ1v) is 5.29. The summed E-state index contributed by atoms with van der Waals surface area (Å²) in [5, 5.41) is 4.22. The van der Waals surface area contributed by atoms with E-state index in [1.165, 1.54) is 11.0 Å². The number of thioether (sulfide) groups is 1. The van der Waals surface area contributed by atoms with Crippen LogP contribution in [0.1, 0.15) is 0 Å². The van der Waals surface area contributed by atoms with Gasteiger partial charge in [0.25, 0.3) is 0 Å². The summed E-state index contributed by atoms with van der Waals surface area (Å²) in [4.78, 5) is 11.7. The fourth-order valence-electron chi connectivity index (χ4n) is 1.24. The van der Waals surface area contributed by atoms with Gasteiger partial charge in [0.1, 0.15) is 0 Å². The highest BCUT2D eigenvalue weighted by Gasteiger charge is 2.13. The van der Waals surface area contributed by atoms with Gasteiger partial charge < -0.3 is 11.1 Å². The molecule has 0 bridgehead atoms. The molecule has 0 unspecified atom stereocenters. The molecule has 15 heavy (non-hydrogen) atoms. The molecule has 0 saturated heterocycles. The molecule has 0 atom stereocenters. The van der Waals surface area contributed by atoms with Crippen molar-refractivity contribution >= 4 is 23.4 Å². The number of hydrogen-bond donors (Lipinski definition) is 2. The first-order chi connectivity index (χ1) is 7.25. The van der Waals surface area contributed by atoms with Crippen molar-refractivity contribution in [3.05, 3.63) is 47.5 Å². The van der Waals surface area contributed by atoms with Crippen molar-refractivity contribution in [2.24, 2.45) is 5.73 Å². The maximum absolute atomic E-state index is 10.5. The van der Waals surface area contributed by atoms with Crippen molar-refractivity contribution in [3.8, 4) is 0 Å². The Bertz CT molecular complexity index is 425. The van der Waals surface area contributed by atoms with Crippen LogP contribution in [0.25, 0.3) is 0 Å². The molecule has 1 heterocycles. The number of para-hydroxylation sites is 1. The zero-order chi connectivity index (χ0) is 10.7. The van der Waals surface area contributed by atoms with E-state index in [0.717, 1.165) is 10.7 Å². The smallest absolute Gasteiger partial charge is 0.241 e. The van der Waals surface area contributed by atoms with Crippen molar-refractivity contribution in [3.63, 3.8) is 0 Å². The van der Waals surface area contributed by atoms with Crippen LogP contribution < -0.4 is 11.1 Å². The van der Waals surface area contributed by atoms with E-state index in [2.05, 4.69) is 5.32 Å². The van der Waals surface area contributed by atoms with Crippen molar-refractivity contribution in [2.45, 2.75) is 4.90 Å². The van der Waals surface area contributed by atoms with Gasteiger partial charge >= 0.3 is 0 Å². The highest BCUT2D eigenvalue weighted by Crippen LogP contribution is 2.40. The van der Waals surface area contributed by atoms with Crippen LogP contribution in [0.2, 0.25) is 0 Å². The summed E-state index contributed by atoms with van der Waals surface area (Å²) in [6, 6.07) is 8.04. The van der Waals surface area contributed by atoms with Gasteiger partial charge in [-0.3, -0.25) is 4.79 Å². The largest absolute Gasteiger partial charge is 0.366 e. The van der Waals surface area contributed by atoms with E-state index >= 15 is 0 Å². The molecule has 3 N–H and O–H groups in total. The first kappa shape index (κ1) is 9.86. The highest BCUT2D eigenvalue weighted by atomic mass is 32.2. The molecular formula is C11H10N2OS. The second-order valence-corrected chi connectivity index (χ2v) is 4.10. The third-order valence-corrected chi connectivity index (χ3v) is 2.91. The molecule has 0 spiro atoms. The van der Waals surface area contributed by atoms with Crippen molar-refractivity contribution < 1.29 is 4.79 Å². The van der Waals surface area contributed by atoms with Crippen LogP contribution in [0.3, 0.4) is 0 Å². The van der Waals surface area contributed by atoms with Crippen LogP contribution >= 0.6 is 11.8 Å². The lowest BCUT2D eigenvalue weighted by atomic mass is 10.3. The minimum Gasteiger partial charge on any atom is -0.366 e. The Morgan fingerprint density at radius 1 is 1.40 bits per heavy atom. The van der Waals surface area contributed by atoms with Crippen LogP contribution in [0.15, 0.2) is 52.4 Å². The molecule has 1 aromatic rings. The fourth-order valence-corrected chi connectivity index (χ4v) is 2.16. The van der Waals surface area contributed by atoms with Gasteiger partial charge in [0.05, 0.1) is 10.7 Å². The number of primary amides is 1. The molecule has 0 saturated carbocycles. The number of carbonyl (C=O) groups is 1. The maximum Gasteiger partial charge on any atom is 0.241 e. The number of allylic oxidation sites excluding steroid dienone is 2. The predicted molar refractivity (Wildman–Crippen MR) is 62.3 cm³/mol. The molecule has 1 amide bonds. The van der Waals surface area contributed by atoms with Crippen LogP contribution in [-0.2, 0) is 4.79 Å². The summed E-state index contributed by atoms with van der Waals surface area (Å²) < 4.78 is 0. The number of hydrogen-bond acceptors (Lipinski definition) is 3. The van der Waals surface area contributed by atoms with E-state index in [-0.39, 0.29) is 0 Å². The van der Waals surface area contributed by atoms with E-state index in [0.29, 0.717) is 0 Å². The van der Waals surface area contributed by atoms with Gasteiger partial charge in [0.15, 0.2) is 0 Å². The summed E-state index contributed by atoms with van der Waals surface area (Å²) in [7, 11) is 0. The summed E-state index contributed by atoms with van der Waals surface area (Å²) >= 11 is 1.63. The molecule has 0 aromatic heterocycles. The fraction of sp³-hybridized carbons (Fsp3) is 0.